The Balaban J connectivity index is 2.66. The van der Waals surface area contributed by atoms with E-state index in [2.05, 4.69) is 11.4 Å². The van der Waals surface area contributed by atoms with E-state index in [1.54, 1.807) is 24.3 Å². The lowest BCUT2D eigenvalue weighted by Crippen LogP contribution is -2.36. The van der Waals surface area contributed by atoms with Crippen molar-refractivity contribution in [3.05, 3.63) is 30.3 Å². The molecule has 13 heavy (non-hydrogen) atoms. The fourth-order valence-electron chi connectivity index (χ4n) is 0.754. The summed E-state index contributed by atoms with van der Waals surface area (Å²) in [6.07, 6.45) is 0. The van der Waals surface area contributed by atoms with Gasteiger partial charge in [-0.25, -0.2) is 0 Å². The van der Waals surface area contributed by atoms with Gasteiger partial charge in [-0.1, -0.05) is 12.1 Å². The number of nitrogens with one attached hydrogen (secondary N) is 1. The highest BCUT2D eigenvalue weighted by molar-refractivity contribution is 5.96. The van der Waals surface area contributed by atoms with E-state index in [0.717, 1.165) is 0 Å². The first-order valence-corrected chi connectivity index (χ1v) is 4.00. The van der Waals surface area contributed by atoms with Gasteiger partial charge in [-0.2, -0.15) is 0 Å². The average molecular weight is 178 g/mol. The number of aliphatic hydroxyl groups is 1. The van der Waals surface area contributed by atoms with Gasteiger partial charge in [-0.05, 0) is 32.0 Å². The van der Waals surface area contributed by atoms with Crippen molar-refractivity contribution in [1.29, 1.82) is 0 Å². The smallest absolute Gasteiger partial charge is 0.255 e. The molecule has 0 heterocycles. The van der Waals surface area contributed by atoms with Crippen LogP contribution in [0.15, 0.2) is 24.3 Å². The molecule has 3 nitrogen and oxygen atoms in total. The number of anilines is 1. The van der Waals surface area contributed by atoms with Crippen LogP contribution in [0.2, 0.25) is 0 Å². The van der Waals surface area contributed by atoms with Crippen molar-refractivity contribution in [2.75, 3.05) is 5.32 Å². The van der Waals surface area contributed by atoms with Gasteiger partial charge in [0.2, 0.25) is 0 Å². The summed E-state index contributed by atoms with van der Waals surface area (Å²) in [5, 5.41) is 11.9. The molecule has 1 radical (unpaired) electrons. The molecule has 0 fully saturated rings. The van der Waals surface area contributed by atoms with Crippen molar-refractivity contribution in [3.63, 3.8) is 0 Å². The lowest BCUT2D eigenvalue weighted by molar-refractivity contribution is -0.130. The average Bonchev–Trinajstić information content (AvgIpc) is 2.04. The minimum Gasteiger partial charge on any atom is -0.381 e. The predicted octanol–water partition coefficient (Wildman–Crippen LogP) is 1.20. The molecular weight excluding hydrogens is 166 g/mol. The van der Waals surface area contributed by atoms with Crippen LogP contribution in [0.1, 0.15) is 13.8 Å². The van der Waals surface area contributed by atoms with Crippen molar-refractivity contribution in [1.82, 2.24) is 0 Å². The summed E-state index contributed by atoms with van der Waals surface area (Å²) < 4.78 is 0. The second-order valence-corrected chi connectivity index (χ2v) is 3.30. The zero-order chi connectivity index (χ0) is 9.90. The summed E-state index contributed by atoms with van der Waals surface area (Å²) in [6.45, 7) is 2.88. The summed E-state index contributed by atoms with van der Waals surface area (Å²) in [4.78, 5) is 11.3. The standard InChI is InChI=1S/C10H12NO2/c1-10(2,13)9(12)11-8-6-4-3-5-7-8/h4-7,13H,1-2H3,(H,11,12). The van der Waals surface area contributed by atoms with Crippen LogP contribution < -0.4 is 5.32 Å². The second kappa shape index (κ2) is 3.58. The van der Waals surface area contributed by atoms with Gasteiger partial charge < -0.3 is 10.4 Å². The van der Waals surface area contributed by atoms with Gasteiger partial charge in [-0.15, -0.1) is 0 Å². The normalized spacial score (nSPS) is 11.0. The highest BCUT2D eigenvalue weighted by atomic mass is 16.3. The maximum absolute atomic E-state index is 11.3. The summed E-state index contributed by atoms with van der Waals surface area (Å²) in [6, 6.07) is 9.64. The molecule has 0 unspecified atom stereocenters. The first-order chi connectivity index (χ1) is 6.00. The van der Waals surface area contributed by atoms with Gasteiger partial charge in [0, 0.05) is 5.69 Å². The lowest BCUT2D eigenvalue weighted by atomic mass is 10.1. The quantitative estimate of drug-likeness (QED) is 0.714. The Labute approximate surface area is 77.4 Å². The minimum atomic E-state index is -1.35. The molecule has 1 aromatic rings. The molecule has 0 atom stereocenters. The molecule has 1 amide bonds. The molecule has 0 saturated carbocycles. The maximum Gasteiger partial charge on any atom is 0.255 e. The molecular formula is C10H12NO2. The number of carbonyl (C=O) groups is 1. The van der Waals surface area contributed by atoms with Gasteiger partial charge in [0.05, 0.1) is 0 Å². The van der Waals surface area contributed by atoms with Crippen LogP contribution in [0.3, 0.4) is 0 Å². The van der Waals surface area contributed by atoms with E-state index in [9.17, 15) is 9.90 Å². The molecule has 0 aliphatic carbocycles. The van der Waals surface area contributed by atoms with Crippen molar-refractivity contribution < 1.29 is 9.90 Å². The fraction of sp³-hybridized carbons (Fsp3) is 0.300. The second-order valence-electron chi connectivity index (χ2n) is 3.30. The van der Waals surface area contributed by atoms with E-state index in [0.29, 0.717) is 5.69 Å². The van der Waals surface area contributed by atoms with Crippen LogP contribution in [0.25, 0.3) is 0 Å². The SMILES string of the molecule is CC(C)(O)C(=O)Nc1cc[c]cc1. The molecule has 0 saturated heterocycles. The summed E-state index contributed by atoms with van der Waals surface area (Å²) >= 11 is 0. The van der Waals surface area contributed by atoms with E-state index in [1.165, 1.54) is 13.8 Å². The van der Waals surface area contributed by atoms with Crippen LogP contribution in [0, 0.1) is 6.07 Å². The number of benzene rings is 1. The van der Waals surface area contributed by atoms with Crippen LogP contribution in [0.4, 0.5) is 5.69 Å². The summed E-state index contributed by atoms with van der Waals surface area (Å²) in [5.41, 5.74) is -0.689. The Morgan fingerprint density at radius 2 is 2.00 bits per heavy atom. The fourth-order valence-corrected chi connectivity index (χ4v) is 0.754. The molecule has 1 aromatic carbocycles. The van der Waals surface area contributed by atoms with Crippen LogP contribution in [-0.2, 0) is 4.79 Å². The highest BCUT2D eigenvalue weighted by Gasteiger charge is 2.23. The van der Waals surface area contributed by atoms with Gasteiger partial charge >= 0.3 is 0 Å². The topological polar surface area (TPSA) is 49.3 Å². The monoisotopic (exact) mass is 178 g/mol. The number of hydrogen-bond donors (Lipinski definition) is 2. The number of rotatable bonds is 2. The zero-order valence-corrected chi connectivity index (χ0v) is 7.66. The Morgan fingerprint density at radius 1 is 1.46 bits per heavy atom. The number of carbonyl (C=O) groups excluding carboxylic acids is 1. The van der Waals surface area contributed by atoms with Gasteiger partial charge in [0.15, 0.2) is 0 Å². The van der Waals surface area contributed by atoms with Gasteiger partial charge in [-0.3, -0.25) is 4.79 Å². The van der Waals surface area contributed by atoms with Crippen molar-refractivity contribution in [3.8, 4) is 0 Å². The van der Waals surface area contributed by atoms with E-state index < -0.39 is 11.5 Å². The molecule has 0 aliphatic heterocycles. The van der Waals surface area contributed by atoms with E-state index >= 15 is 0 Å². The molecule has 0 aromatic heterocycles. The van der Waals surface area contributed by atoms with E-state index in [1.807, 2.05) is 0 Å². The first kappa shape index (κ1) is 9.74. The van der Waals surface area contributed by atoms with Crippen molar-refractivity contribution in [2.45, 2.75) is 19.4 Å². The Hall–Kier alpha value is -1.35. The maximum atomic E-state index is 11.3. The van der Waals surface area contributed by atoms with Crippen molar-refractivity contribution >= 4 is 11.6 Å². The van der Waals surface area contributed by atoms with Crippen molar-refractivity contribution in [2.24, 2.45) is 0 Å². The number of hydrogen-bond acceptors (Lipinski definition) is 2. The molecule has 2 N–H and O–H groups in total. The molecule has 0 bridgehead atoms. The summed E-state index contributed by atoms with van der Waals surface area (Å²) in [7, 11) is 0. The molecule has 1 rings (SSSR count). The third-order valence-corrected chi connectivity index (χ3v) is 1.53. The first-order valence-electron chi connectivity index (χ1n) is 4.00. The molecule has 69 valence electrons. The van der Waals surface area contributed by atoms with E-state index in [4.69, 9.17) is 0 Å². The molecule has 3 heteroatoms. The Kier molecular flexibility index (Phi) is 2.68. The Bertz CT molecular complexity index is 288. The number of amides is 1. The molecule has 0 aliphatic rings. The Morgan fingerprint density at radius 3 is 2.46 bits per heavy atom. The largest absolute Gasteiger partial charge is 0.381 e. The third kappa shape index (κ3) is 2.87. The van der Waals surface area contributed by atoms with Gasteiger partial charge in [0.1, 0.15) is 5.60 Å². The predicted molar refractivity (Wildman–Crippen MR) is 50.2 cm³/mol. The molecule has 0 spiro atoms. The lowest BCUT2D eigenvalue weighted by Gasteiger charge is -2.16. The van der Waals surface area contributed by atoms with E-state index in [-0.39, 0.29) is 0 Å². The van der Waals surface area contributed by atoms with Crippen LogP contribution in [-0.4, -0.2) is 16.6 Å². The summed E-state index contributed by atoms with van der Waals surface area (Å²) in [5.74, 6) is -0.418. The van der Waals surface area contributed by atoms with Crippen LogP contribution >= 0.6 is 0 Å². The zero-order valence-electron chi connectivity index (χ0n) is 7.66. The van der Waals surface area contributed by atoms with Crippen LogP contribution in [0.5, 0.6) is 0 Å². The third-order valence-electron chi connectivity index (χ3n) is 1.53. The minimum absolute atomic E-state index is 0.418. The highest BCUT2D eigenvalue weighted by Crippen LogP contribution is 2.09. The van der Waals surface area contributed by atoms with Gasteiger partial charge in [0.25, 0.3) is 5.91 Å².